The summed E-state index contributed by atoms with van der Waals surface area (Å²) in [6, 6.07) is 0. The summed E-state index contributed by atoms with van der Waals surface area (Å²) in [6.45, 7) is 69.6. The SMILES string of the molecule is C.C.C.C.C=C1C(=O)OC(C[C@@H](C)[C@H]2CC[C@H]3/C(=C/C=C4/C[C@@H](O)C[C@H](O)C4=C)CCC[C@]23C)C1CC(C)C.C=C1C(=O)OC(C[C@@H](C)[C@H]2CC[C@H]3/C(=C/C=C4/C[C@@H](O)C[C@H](O)C4=C)CCC[C@]23C)C1CC(C)C.C=C1C(=O)OC(C[C@@H](C)[C@H]2CC[C@H]3/C(=C/C=C4/C[C@@H](O)C[C@H](O)C4=C)CCC[C@]23C)C1CC(C)C.C=C1C(=O)OC(C[C@@H](C)[C@H]2CC[C@H]3/C(=C/C=C4/C[C@@H](O)C[C@H](O)C4=C)CCC[C@]23C)C1CC(C)C. The highest BCUT2D eigenvalue weighted by Crippen LogP contribution is 2.66. The number of fused-ring (bicyclic) bond motifs is 4. The Balaban J connectivity index is 0.000000212. The Bertz CT molecular complexity index is 4240. The summed E-state index contributed by atoms with van der Waals surface area (Å²) in [7, 11) is 0. The minimum Gasteiger partial charge on any atom is -0.458 e. The molecular formula is C128H200O16. The van der Waals surface area contributed by atoms with Crippen molar-refractivity contribution >= 4 is 23.9 Å². The lowest BCUT2D eigenvalue weighted by Gasteiger charge is -2.45. The van der Waals surface area contributed by atoms with Gasteiger partial charge in [-0.2, -0.15) is 0 Å². The predicted octanol–water partition coefficient (Wildman–Crippen LogP) is 27.7. The molecule has 16 nitrogen and oxygen atoms in total. The molecule has 16 rings (SSSR count). The van der Waals surface area contributed by atoms with E-state index in [0.717, 1.165) is 122 Å². The molecule has 16 aliphatic rings. The van der Waals surface area contributed by atoms with Crippen molar-refractivity contribution in [3.63, 3.8) is 0 Å². The van der Waals surface area contributed by atoms with Crippen LogP contribution < -0.4 is 0 Å². The van der Waals surface area contributed by atoms with Gasteiger partial charge in [0.15, 0.2) is 0 Å². The predicted molar refractivity (Wildman–Crippen MR) is 589 cm³/mol. The normalized spacial score (nSPS) is 39.9. The first-order valence-electron chi connectivity index (χ1n) is 55.4. The third-order valence-corrected chi connectivity index (χ3v) is 38.9. The van der Waals surface area contributed by atoms with Crippen LogP contribution in [0, 0.1) is 140 Å². The van der Waals surface area contributed by atoms with Gasteiger partial charge in [-0.3, -0.25) is 0 Å². The molecule has 0 radical (unpaired) electrons. The Morgan fingerprint density at radius 2 is 0.458 bits per heavy atom. The van der Waals surface area contributed by atoms with Crippen LogP contribution in [-0.4, -0.2) is 138 Å². The Hall–Kier alpha value is -6.60. The van der Waals surface area contributed by atoms with Crippen LogP contribution in [-0.2, 0) is 38.1 Å². The first-order chi connectivity index (χ1) is 66.0. The van der Waals surface area contributed by atoms with Crippen LogP contribution in [0.5, 0.6) is 0 Å². The zero-order valence-corrected chi connectivity index (χ0v) is 89.1. The number of esters is 4. The van der Waals surface area contributed by atoms with E-state index in [-0.39, 0.29) is 123 Å². The van der Waals surface area contributed by atoms with Gasteiger partial charge in [0.25, 0.3) is 0 Å². The minimum atomic E-state index is -0.642. The number of aliphatic hydroxyl groups excluding tert-OH is 8. The second kappa shape index (κ2) is 51.0. The molecule has 4 saturated heterocycles. The van der Waals surface area contributed by atoms with Crippen LogP contribution in [0.3, 0.4) is 0 Å². The van der Waals surface area contributed by atoms with Crippen molar-refractivity contribution in [2.45, 2.75) is 445 Å². The highest BCUT2D eigenvalue weighted by Gasteiger charge is 2.58. The van der Waals surface area contributed by atoms with Gasteiger partial charge >= 0.3 is 23.9 Å². The van der Waals surface area contributed by atoms with Crippen molar-refractivity contribution in [2.24, 2.45) is 140 Å². The molecule has 12 saturated carbocycles. The first-order valence-corrected chi connectivity index (χ1v) is 55.4. The molecule has 808 valence electrons. The van der Waals surface area contributed by atoms with Crippen LogP contribution in [0.4, 0.5) is 0 Å². The number of carbonyl (C=O) groups excluding carboxylic acids is 4. The standard InChI is InChI=1S/4C31H46O4.4CH4/c4*1-18(2)14-25-21(5)30(34)35-29(25)15-19(3)26-11-12-27-22(8-7-13-31(26,27)6)9-10-23-16-24(32)17-28(33)20(23)4;;;;/h4*9-10,18-19,24-29,32-33H,4-5,7-8,11-17H2,1-3,6H3;4*1H4/b4*22-9+,23-10-;;;;/t4*19-,24-,25?,26-,27+,28+,29?,31-;;;;/m1111..../s1. The second-order valence-electron chi connectivity index (χ2n) is 50.3. The number of allylic oxidation sites excluding steroid dienone is 12. The van der Waals surface area contributed by atoms with E-state index in [2.05, 4.69) is 212 Å². The summed E-state index contributed by atoms with van der Waals surface area (Å²) in [5.74, 6) is 8.58. The average Bonchev–Trinajstić information content (AvgIpc) is 1.61. The lowest BCUT2D eigenvalue weighted by atomic mass is 9.60. The van der Waals surface area contributed by atoms with E-state index in [1.807, 2.05) is 0 Å². The zero-order chi connectivity index (χ0) is 102. The molecule has 8 N–H and O–H groups in total. The molecule has 0 aromatic carbocycles. The topological polar surface area (TPSA) is 267 Å². The summed E-state index contributed by atoms with van der Waals surface area (Å²) >= 11 is 0. The molecule has 8 unspecified atom stereocenters. The van der Waals surface area contributed by atoms with Crippen LogP contribution >= 0.6 is 0 Å². The van der Waals surface area contributed by atoms with Gasteiger partial charge in [-0.05, 0) is 366 Å². The zero-order valence-electron chi connectivity index (χ0n) is 89.1. The number of aliphatic hydroxyl groups is 8. The monoisotopic (exact) mass is 1990 g/mol. The highest BCUT2D eigenvalue weighted by molar-refractivity contribution is 5.92. The second-order valence-corrected chi connectivity index (χ2v) is 50.3. The van der Waals surface area contributed by atoms with Crippen LogP contribution in [0.1, 0.15) is 372 Å². The smallest absolute Gasteiger partial charge is 0.334 e. The lowest BCUT2D eigenvalue weighted by molar-refractivity contribution is -0.141. The molecule has 12 aliphatic carbocycles. The van der Waals surface area contributed by atoms with Crippen LogP contribution in [0.15, 0.2) is 190 Å². The van der Waals surface area contributed by atoms with E-state index in [1.165, 1.54) is 125 Å². The number of hydrogen-bond acceptors (Lipinski definition) is 16. The van der Waals surface area contributed by atoms with E-state index < -0.39 is 48.8 Å². The van der Waals surface area contributed by atoms with E-state index in [4.69, 9.17) is 18.9 Å². The van der Waals surface area contributed by atoms with Gasteiger partial charge < -0.3 is 59.8 Å². The molecule has 0 aromatic rings. The number of cyclic esters (lactones) is 4. The molecule has 32 atom stereocenters. The van der Waals surface area contributed by atoms with Gasteiger partial charge in [-0.1, -0.05) is 264 Å². The molecule has 0 spiro atoms. The summed E-state index contributed by atoms with van der Waals surface area (Å²) in [5, 5.41) is 81.2. The summed E-state index contributed by atoms with van der Waals surface area (Å²) in [5.41, 5.74) is 16.7. The van der Waals surface area contributed by atoms with Gasteiger partial charge in [0, 0.05) is 71.6 Å². The molecule has 0 bridgehead atoms. The van der Waals surface area contributed by atoms with Crippen molar-refractivity contribution < 1.29 is 79.0 Å². The van der Waals surface area contributed by atoms with E-state index >= 15 is 0 Å². The fourth-order valence-corrected chi connectivity index (χ4v) is 31.6. The van der Waals surface area contributed by atoms with Crippen LogP contribution in [0.25, 0.3) is 0 Å². The van der Waals surface area contributed by atoms with E-state index in [1.54, 1.807) is 0 Å². The summed E-state index contributed by atoms with van der Waals surface area (Å²) in [4.78, 5) is 49.2. The quantitative estimate of drug-likeness (QED) is 0.0254. The van der Waals surface area contributed by atoms with Crippen molar-refractivity contribution in [3.05, 3.63) is 190 Å². The molecule has 4 aliphatic heterocycles. The molecule has 144 heavy (non-hydrogen) atoms. The van der Waals surface area contributed by atoms with Crippen molar-refractivity contribution in [1.82, 2.24) is 0 Å². The van der Waals surface area contributed by atoms with Gasteiger partial charge in [0.2, 0.25) is 0 Å². The maximum Gasteiger partial charge on any atom is 0.334 e. The molecule has 0 aromatic heterocycles. The van der Waals surface area contributed by atoms with Crippen molar-refractivity contribution in [1.29, 1.82) is 0 Å². The van der Waals surface area contributed by atoms with Gasteiger partial charge in [-0.15, -0.1) is 0 Å². The number of hydrogen-bond donors (Lipinski definition) is 8. The van der Waals surface area contributed by atoms with Gasteiger partial charge in [0.05, 0.1) is 48.8 Å². The fourth-order valence-electron chi connectivity index (χ4n) is 31.6. The lowest BCUT2D eigenvalue weighted by Crippen LogP contribution is -2.37. The van der Waals surface area contributed by atoms with E-state index in [0.29, 0.717) is 168 Å². The van der Waals surface area contributed by atoms with Crippen molar-refractivity contribution in [3.8, 4) is 0 Å². The Labute approximate surface area is 872 Å². The van der Waals surface area contributed by atoms with E-state index in [9.17, 15) is 60.0 Å². The average molecular weight is 1990 g/mol. The number of rotatable bonds is 24. The third kappa shape index (κ3) is 26.9. The van der Waals surface area contributed by atoms with Gasteiger partial charge in [0.1, 0.15) is 24.4 Å². The number of carbonyl (C=O) groups is 4. The maximum atomic E-state index is 12.3. The number of ether oxygens (including phenoxy) is 4. The van der Waals surface area contributed by atoms with Crippen LogP contribution in [0.2, 0.25) is 0 Å². The fraction of sp³-hybridized carbons (Fsp3) is 0.719. The highest BCUT2D eigenvalue weighted by atomic mass is 16.6. The molecule has 16 fully saturated rings. The maximum absolute atomic E-state index is 12.3. The molecule has 4 heterocycles. The third-order valence-electron chi connectivity index (χ3n) is 38.9. The van der Waals surface area contributed by atoms with Crippen molar-refractivity contribution in [2.75, 3.05) is 0 Å². The molecule has 0 amide bonds. The summed E-state index contributed by atoms with van der Waals surface area (Å²) in [6.07, 6.45) is 48.3. The Kier molecular flexibility index (Phi) is 42.8. The molecular weight excluding hydrogens is 1790 g/mol. The Morgan fingerprint density at radius 3 is 0.632 bits per heavy atom. The largest absolute Gasteiger partial charge is 0.458 e. The first kappa shape index (κ1) is 121. The summed E-state index contributed by atoms with van der Waals surface area (Å²) < 4.78 is 23.3. The Morgan fingerprint density at radius 1 is 0.278 bits per heavy atom. The van der Waals surface area contributed by atoms with Gasteiger partial charge in [-0.25, -0.2) is 19.2 Å². The molecule has 16 heteroatoms. The minimum absolute atomic E-state index is 0.